The second kappa shape index (κ2) is 38.6. The predicted molar refractivity (Wildman–Crippen MR) is 486 cm³/mol. The van der Waals surface area contributed by atoms with Crippen molar-refractivity contribution in [1.29, 1.82) is 0 Å². The number of hydrogen-bond acceptors (Lipinski definition) is 26. The first-order valence-corrected chi connectivity index (χ1v) is 44.8. The van der Waals surface area contributed by atoms with Gasteiger partial charge in [0.2, 0.25) is 29.0 Å². The van der Waals surface area contributed by atoms with E-state index in [-0.39, 0.29) is 112 Å². The molecule has 43 heteroatoms. The quantitative estimate of drug-likeness (QED) is 0.0360. The Labute approximate surface area is 784 Å². The first-order valence-electron chi connectivity index (χ1n) is 44.0. The highest BCUT2D eigenvalue weighted by Gasteiger charge is 2.33. The number of aromatic nitrogens is 19. The zero-order chi connectivity index (χ0) is 96.2. The predicted octanol–water partition coefficient (Wildman–Crippen LogP) is 15.1. The molecule has 0 aliphatic carbocycles. The van der Waals surface area contributed by atoms with Gasteiger partial charge in [-0.3, -0.25) is 24.0 Å². The summed E-state index contributed by atoms with van der Waals surface area (Å²) in [5.74, 6) is -1.88. The van der Waals surface area contributed by atoms with Crippen LogP contribution < -0.4 is 16.4 Å². The highest BCUT2D eigenvalue weighted by atomic mass is 35.5. The molecule has 3 amide bonds. The van der Waals surface area contributed by atoms with E-state index in [9.17, 15) is 59.1 Å². The molecule has 0 saturated carbocycles. The van der Waals surface area contributed by atoms with Gasteiger partial charge in [-0.25, -0.2) is 110 Å². The Hall–Kier alpha value is -14.7. The highest BCUT2D eigenvalue weighted by molar-refractivity contribution is 6.29. The number of amides is 3. The smallest absolute Gasteiger partial charge is 0.303 e. The number of nitrogens with zero attached hydrogens (tertiary/aromatic N) is 22. The van der Waals surface area contributed by atoms with Gasteiger partial charge in [-0.2, -0.15) is 0 Å². The van der Waals surface area contributed by atoms with Gasteiger partial charge in [0, 0.05) is 162 Å². The van der Waals surface area contributed by atoms with E-state index in [1.165, 1.54) is 38.1 Å². The first kappa shape index (κ1) is 92.7. The normalized spacial score (nSPS) is 16.4. The summed E-state index contributed by atoms with van der Waals surface area (Å²) >= 11 is 11.5. The lowest BCUT2D eigenvalue weighted by Crippen LogP contribution is -2.38. The number of esters is 2. The zero-order valence-electron chi connectivity index (χ0n) is 74.3. The number of fused-ring (bicyclic) bond motifs is 15. The molecule has 0 spiro atoms. The molecule has 11 aromatic heterocycles. The number of nitrogens with one attached hydrogen (secondary N) is 2. The number of aliphatic hydroxyl groups excluding tert-OH is 1. The first-order chi connectivity index (χ1) is 65.8. The number of carbonyl (C=O) groups is 5. The van der Waals surface area contributed by atoms with E-state index in [0.717, 1.165) is 133 Å². The van der Waals surface area contributed by atoms with Crippen LogP contribution in [0.15, 0.2) is 110 Å². The summed E-state index contributed by atoms with van der Waals surface area (Å²) in [6.07, 6.45) is 12.8. The van der Waals surface area contributed by atoms with Crippen LogP contribution in [-0.2, 0) is 98.0 Å². The molecule has 0 saturated heterocycles. The maximum absolute atomic E-state index is 15.0. The minimum Gasteiger partial charge on any atom is -0.456 e. The third-order valence-electron chi connectivity index (χ3n) is 24.8. The number of aliphatic hydroxyl groups is 1. The number of halogens is 10. The van der Waals surface area contributed by atoms with Crippen molar-refractivity contribution in [3.8, 4) is 45.0 Å². The molecular formula is C94H85Cl2F8N25O8. The van der Waals surface area contributed by atoms with E-state index in [4.69, 9.17) is 43.5 Å². The molecule has 704 valence electrons. The lowest BCUT2D eigenvalue weighted by Gasteiger charge is -2.28. The van der Waals surface area contributed by atoms with Crippen LogP contribution in [0.3, 0.4) is 0 Å². The molecule has 4 unspecified atom stereocenters. The molecule has 7 aliphatic rings. The lowest BCUT2D eigenvalue weighted by molar-refractivity contribution is -0.150. The van der Waals surface area contributed by atoms with Gasteiger partial charge in [0.25, 0.3) is 11.8 Å². The number of ether oxygens (including phenoxy) is 2. The average Bonchev–Trinajstić information content (AvgIpc) is 1.61. The fourth-order valence-electron chi connectivity index (χ4n) is 18.1. The Balaban J connectivity index is 0.000000117. The van der Waals surface area contributed by atoms with Crippen LogP contribution in [0.1, 0.15) is 148 Å². The van der Waals surface area contributed by atoms with E-state index >= 15 is 0 Å². The van der Waals surface area contributed by atoms with E-state index < -0.39 is 65.1 Å². The standard InChI is InChI=1S/C27H25F2N7O3.C25H23F2N7O2.C15H11ClF2N4.C15H13F2N5.C12H13ClN2O3/c1-14-3-6-23-33-26-18(28)9-17(10-21(26)36(14)23)25-19(29)11-30-27(34-25)32-22-5-4-16-12-35(8-7-20(16)31-22)24(38)13-39-15(2)37;1-13-2-5-21-31-24-16(26)8-15(9-19(24)34(13)21)23-17(27)10-28-25(32-23)30-20-4-3-14-11-33(22(36)12-35)7-6-18(14)29-20;1-7-2-3-12-20-14-9(17)4-8(5-11(14)22(7)12)13-10(18)6-19-15(16)21-13;1-7-2-3-12-20-14-9(16)4-8(5-11(14)22(7)12)13-10(17)6-19-15(18)21-13;1-8(16)18-7-12(17)15-5-4-10-9(6-15)2-3-11(13)14-10/h4-5,9-11,14H,3,6-8,12-13H2,1-2H3,(H,30,31,32,34);3-4,8-10,13,35H,2,5-7,11-12H2,1H3,(H,28,29,30,32);4-7H,2-3H2,1H3;4-7H,2-3H2,1H3,(H2,18,19,21);2-3H,4-7H2,1H3. The van der Waals surface area contributed by atoms with Gasteiger partial charge in [0.1, 0.15) is 91.5 Å². The van der Waals surface area contributed by atoms with Gasteiger partial charge in [-0.05, 0) is 148 Å². The number of imidazole rings is 4. The molecule has 0 bridgehead atoms. The topological polar surface area (TPSA) is 397 Å². The van der Waals surface area contributed by atoms with Gasteiger partial charge >= 0.3 is 11.9 Å². The van der Waals surface area contributed by atoms with Gasteiger partial charge in [-0.15, -0.1) is 0 Å². The van der Waals surface area contributed by atoms with Crippen molar-refractivity contribution in [3.05, 3.63) is 224 Å². The minimum atomic E-state index is -0.676. The number of anilines is 5. The summed E-state index contributed by atoms with van der Waals surface area (Å²) < 4.78 is 134. The van der Waals surface area contributed by atoms with Crippen molar-refractivity contribution >= 4 is 126 Å². The number of benzene rings is 4. The van der Waals surface area contributed by atoms with E-state index in [0.29, 0.717) is 131 Å². The summed E-state index contributed by atoms with van der Waals surface area (Å²) in [6.45, 7) is 12.4. The fourth-order valence-corrected chi connectivity index (χ4v) is 18.4. The Morgan fingerprint density at radius 3 is 1.07 bits per heavy atom. The van der Waals surface area contributed by atoms with E-state index in [1.54, 1.807) is 57.2 Å². The minimum absolute atomic E-state index is 0.00509. The summed E-state index contributed by atoms with van der Waals surface area (Å²) in [5.41, 5.74) is 15.7. The average molecular weight is 1920 g/mol. The molecule has 0 radical (unpaired) electrons. The Morgan fingerprint density at radius 1 is 0.394 bits per heavy atom. The Morgan fingerprint density at radius 2 is 0.715 bits per heavy atom. The lowest BCUT2D eigenvalue weighted by atomic mass is 10.1. The zero-order valence-corrected chi connectivity index (χ0v) is 75.9. The Bertz CT molecular complexity index is 7240. The van der Waals surface area contributed by atoms with Crippen LogP contribution >= 0.6 is 23.2 Å². The fraction of sp³-hybridized carbons (Fsp3) is 0.319. The number of nitrogen functional groups attached to an aromatic ring is 1. The molecule has 33 nitrogen and oxygen atoms in total. The van der Waals surface area contributed by atoms with Crippen molar-refractivity contribution in [2.75, 3.05) is 55.8 Å². The summed E-state index contributed by atoms with van der Waals surface area (Å²) in [6, 6.07) is 23.4. The molecule has 5 N–H and O–H groups in total. The third-order valence-corrected chi connectivity index (χ3v) is 25.2. The molecule has 0 fully saturated rings. The maximum Gasteiger partial charge on any atom is 0.303 e. The van der Waals surface area contributed by atoms with Gasteiger partial charge in [-0.1, -0.05) is 29.8 Å². The SMILES string of the molecule is CC(=O)OCC(=O)N1CCc2nc(Cl)ccc2C1.CC(=O)OCC(=O)N1CCc2nc(Nc3ncc(F)c(-c4cc(F)c5nc6n(c5c4)C(C)CC6)n3)ccc2C1.CC1CCc2nc3c(F)cc(-c4nc(Cl)ncc4F)cc3n21.CC1CCc2nc3c(F)cc(-c4nc(N)ncc4F)cc3n21.CC1CCc2nc3c(F)cc(-c4nc(Nc5ccc6c(n5)CCN(C(=O)CO)C6)ncc4F)cc3n21. The largest absolute Gasteiger partial charge is 0.456 e. The maximum atomic E-state index is 15.0. The number of hydrogen-bond donors (Lipinski definition) is 4. The number of carbonyl (C=O) groups excluding carboxylic acids is 5. The van der Waals surface area contributed by atoms with Crippen LogP contribution in [0.5, 0.6) is 0 Å². The molecule has 4 aromatic carbocycles. The van der Waals surface area contributed by atoms with Crippen molar-refractivity contribution in [1.82, 2.24) is 108 Å². The number of pyridine rings is 3. The molecule has 18 heterocycles. The second-order valence-corrected chi connectivity index (χ2v) is 34.7. The Kier molecular flexibility index (Phi) is 26.1. The number of aryl methyl sites for hydroxylation is 4. The molecule has 22 rings (SSSR count). The molecule has 15 aromatic rings. The number of rotatable bonds is 13. The summed E-state index contributed by atoms with van der Waals surface area (Å²) in [7, 11) is 0. The molecule has 137 heavy (non-hydrogen) atoms. The van der Waals surface area contributed by atoms with E-state index in [2.05, 4.69) is 113 Å². The molecule has 7 aliphatic heterocycles. The third kappa shape index (κ3) is 19.3. The van der Waals surface area contributed by atoms with Crippen LogP contribution in [0.4, 0.5) is 64.6 Å². The van der Waals surface area contributed by atoms with Crippen LogP contribution in [0.2, 0.25) is 10.4 Å². The van der Waals surface area contributed by atoms with Crippen LogP contribution in [0.25, 0.3) is 89.2 Å². The van der Waals surface area contributed by atoms with Crippen molar-refractivity contribution in [3.63, 3.8) is 0 Å². The van der Waals surface area contributed by atoms with Crippen LogP contribution in [0, 0.1) is 46.5 Å². The monoisotopic (exact) mass is 1910 g/mol. The summed E-state index contributed by atoms with van der Waals surface area (Å²) in [5, 5.41) is 15.5. The van der Waals surface area contributed by atoms with Gasteiger partial charge < -0.3 is 63.9 Å². The number of nitrogens with two attached hydrogens (primary N) is 1. The second-order valence-electron chi connectivity index (χ2n) is 34.0. The van der Waals surface area contributed by atoms with Gasteiger partial charge in [0.05, 0.1) is 46.9 Å². The van der Waals surface area contributed by atoms with Crippen molar-refractivity contribution in [2.45, 2.75) is 156 Å². The van der Waals surface area contributed by atoms with Crippen LogP contribution in [-0.4, -0.2) is 182 Å². The molecule has 4 atom stereocenters. The van der Waals surface area contributed by atoms with Crippen molar-refractivity contribution in [2.24, 2.45) is 0 Å². The summed E-state index contributed by atoms with van der Waals surface area (Å²) in [4.78, 5) is 125. The van der Waals surface area contributed by atoms with E-state index in [1.807, 2.05) is 36.5 Å². The van der Waals surface area contributed by atoms with Gasteiger partial charge in [0.15, 0.2) is 59.8 Å². The van der Waals surface area contributed by atoms with Crippen molar-refractivity contribution < 1.29 is 73.7 Å². The highest BCUT2D eigenvalue weighted by Crippen LogP contribution is 2.41. The molecular weight excluding hydrogens is 1830 g/mol.